The average molecular weight is 455 g/mol. The smallest absolute Gasteiger partial charge is 0.232 e. The van der Waals surface area contributed by atoms with E-state index in [4.69, 9.17) is 11.6 Å². The number of hydrogen-bond donors (Lipinski definition) is 1. The van der Waals surface area contributed by atoms with Crippen molar-refractivity contribution in [2.24, 2.45) is 0 Å². The molecule has 0 heterocycles. The minimum atomic E-state index is -3.39. The molecule has 0 aliphatic rings. The molecule has 0 spiro atoms. The molecule has 2 aromatic carbocycles. The van der Waals surface area contributed by atoms with E-state index in [0.717, 1.165) is 22.1 Å². The lowest BCUT2D eigenvalue weighted by atomic mass is 10.2. The summed E-state index contributed by atoms with van der Waals surface area (Å²) in [4.78, 5) is 12.0. The summed E-state index contributed by atoms with van der Waals surface area (Å²) in [6.45, 7) is 2.82. The van der Waals surface area contributed by atoms with Gasteiger partial charge < -0.3 is 5.32 Å². The molecule has 0 atom stereocenters. The first-order chi connectivity index (χ1) is 13.8. The number of halogens is 1. The number of amides is 1. The Morgan fingerprint density at radius 2 is 1.76 bits per heavy atom. The van der Waals surface area contributed by atoms with E-state index in [1.54, 1.807) is 23.9 Å². The summed E-state index contributed by atoms with van der Waals surface area (Å²) >= 11 is 7.61. The van der Waals surface area contributed by atoms with Crippen LogP contribution in [0.2, 0.25) is 5.02 Å². The van der Waals surface area contributed by atoms with Crippen LogP contribution in [-0.4, -0.2) is 39.4 Å². The van der Waals surface area contributed by atoms with E-state index < -0.39 is 10.0 Å². The number of thioether (sulfide) groups is 1. The molecular weight excluding hydrogens is 428 g/mol. The number of sulfonamides is 1. The number of benzene rings is 2. The normalized spacial score (nSPS) is 11.3. The molecule has 0 bridgehead atoms. The molecule has 29 heavy (non-hydrogen) atoms. The van der Waals surface area contributed by atoms with Crippen molar-refractivity contribution in [1.29, 1.82) is 0 Å². The zero-order valence-electron chi connectivity index (χ0n) is 16.7. The molecule has 0 fully saturated rings. The molecule has 2 aromatic rings. The molecule has 5 nitrogen and oxygen atoms in total. The first-order valence-corrected chi connectivity index (χ1v) is 12.8. The van der Waals surface area contributed by atoms with Crippen LogP contribution >= 0.6 is 23.4 Å². The van der Waals surface area contributed by atoms with Gasteiger partial charge in [-0.2, -0.15) is 11.8 Å². The van der Waals surface area contributed by atoms with Crippen LogP contribution in [0.3, 0.4) is 0 Å². The quantitative estimate of drug-likeness (QED) is 0.515. The van der Waals surface area contributed by atoms with Crippen LogP contribution in [0.1, 0.15) is 24.0 Å². The van der Waals surface area contributed by atoms with Gasteiger partial charge in [0.15, 0.2) is 0 Å². The molecule has 0 radical (unpaired) electrons. The van der Waals surface area contributed by atoms with E-state index in [-0.39, 0.29) is 12.5 Å². The zero-order valence-corrected chi connectivity index (χ0v) is 19.1. The lowest BCUT2D eigenvalue weighted by Crippen LogP contribution is -2.32. The Bertz CT molecular complexity index is 885. The van der Waals surface area contributed by atoms with Gasteiger partial charge in [-0.15, -0.1) is 0 Å². The summed E-state index contributed by atoms with van der Waals surface area (Å²) in [5.74, 6) is 1.62. The second-order valence-corrected chi connectivity index (χ2v) is 10.3. The van der Waals surface area contributed by atoms with Crippen molar-refractivity contribution in [2.75, 3.05) is 29.4 Å². The number of nitrogens with one attached hydrogen (secondary N) is 1. The highest BCUT2D eigenvalue weighted by molar-refractivity contribution is 7.98. The zero-order chi connectivity index (χ0) is 21.3. The van der Waals surface area contributed by atoms with Gasteiger partial charge in [-0.1, -0.05) is 41.4 Å². The van der Waals surface area contributed by atoms with E-state index in [0.29, 0.717) is 25.1 Å². The highest BCUT2D eigenvalue weighted by atomic mass is 35.5. The first-order valence-electron chi connectivity index (χ1n) is 9.39. The van der Waals surface area contributed by atoms with E-state index in [9.17, 15) is 13.2 Å². The maximum atomic E-state index is 12.1. The minimum Gasteiger partial charge on any atom is -0.355 e. The Kier molecular flexibility index (Phi) is 9.33. The van der Waals surface area contributed by atoms with Gasteiger partial charge in [-0.25, -0.2) is 8.42 Å². The van der Waals surface area contributed by atoms with Gasteiger partial charge in [-0.3, -0.25) is 9.10 Å². The highest BCUT2D eigenvalue weighted by Gasteiger charge is 2.17. The van der Waals surface area contributed by atoms with Gasteiger partial charge in [0, 0.05) is 36.0 Å². The molecule has 8 heteroatoms. The van der Waals surface area contributed by atoms with Crippen LogP contribution in [0, 0.1) is 6.92 Å². The Balaban J connectivity index is 1.68. The predicted octanol–water partition coefficient (Wildman–Crippen LogP) is 4.24. The summed E-state index contributed by atoms with van der Waals surface area (Å²) in [5.41, 5.74) is 2.88. The Hall–Kier alpha value is -1.70. The van der Waals surface area contributed by atoms with Crippen LogP contribution in [-0.2, 0) is 20.6 Å². The minimum absolute atomic E-state index is 0.0607. The number of rotatable bonds is 11. The third-order valence-electron chi connectivity index (χ3n) is 4.24. The van der Waals surface area contributed by atoms with E-state index >= 15 is 0 Å². The fraction of sp³-hybridized carbons (Fsp3) is 0.381. The molecule has 2 rings (SSSR count). The SMILES string of the molecule is Cc1ccc(N(CCCC(=O)NCCSCc2ccc(Cl)cc2)S(C)(=O)=O)cc1. The van der Waals surface area contributed by atoms with Gasteiger partial charge in [0.1, 0.15) is 0 Å². The molecule has 0 saturated heterocycles. The Morgan fingerprint density at radius 1 is 1.10 bits per heavy atom. The number of nitrogens with zero attached hydrogens (tertiary/aromatic N) is 1. The van der Waals surface area contributed by atoms with Crippen molar-refractivity contribution >= 4 is 45.0 Å². The van der Waals surface area contributed by atoms with Gasteiger partial charge in [0.2, 0.25) is 15.9 Å². The van der Waals surface area contributed by atoms with Crippen molar-refractivity contribution in [3.8, 4) is 0 Å². The lowest BCUT2D eigenvalue weighted by molar-refractivity contribution is -0.121. The summed E-state index contributed by atoms with van der Waals surface area (Å²) in [7, 11) is -3.39. The molecule has 0 aliphatic carbocycles. The maximum absolute atomic E-state index is 12.1. The van der Waals surface area contributed by atoms with Crippen molar-refractivity contribution < 1.29 is 13.2 Å². The van der Waals surface area contributed by atoms with Gasteiger partial charge in [-0.05, 0) is 43.2 Å². The average Bonchev–Trinajstić information content (AvgIpc) is 2.66. The standard InChI is InChI=1S/C21H27ClN2O3S2/c1-17-5-11-20(12-6-17)24(29(2,26)27)14-3-4-21(25)23-13-15-28-16-18-7-9-19(22)10-8-18/h5-12H,3-4,13-16H2,1-2H3,(H,23,25). The Labute approximate surface area is 182 Å². The van der Waals surface area contributed by atoms with Gasteiger partial charge in [0.25, 0.3) is 0 Å². The maximum Gasteiger partial charge on any atom is 0.232 e. The summed E-state index contributed by atoms with van der Waals surface area (Å²) in [6, 6.07) is 15.1. The highest BCUT2D eigenvalue weighted by Crippen LogP contribution is 2.19. The van der Waals surface area contributed by atoms with Crippen molar-refractivity contribution in [1.82, 2.24) is 5.32 Å². The van der Waals surface area contributed by atoms with Crippen molar-refractivity contribution in [2.45, 2.75) is 25.5 Å². The molecule has 0 unspecified atom stereocenters. The van der Waals surface area contributed by atoms with E-state index in [1.807, 2.05) is 43.3 Å². The molecule has 0 aliphatic heterocycles. The van der Waals surface area contributed by atoms with Crippen molar-refractivity contribution in [3.05, 3.63) is 64.7 Å². The van der Waals surface area contributed by atoms with E-state index in [1.165, 1.54) is 16.1 Å². The molecular formula is C21H27ClN2O3S2. The Morgan fingerprint density at radius 3 is 2.38 bits per heavy atom. The number of aryl methyl sites for hydroxylation is 1. The second kappa shape index (κ2) is 11.5. The third kappa shape index (κ3) is 8.68. The monoisotopic (exact) mass is 454 g/mol. The van der Waals surface area contributed by atoms with Gasteiger partial charge in [0.05, 0.1) is 11.9 Å². The van der Waals surface area contributed by atoms with Crippen LogP contribution in [0.4, 0.5) is 5.69 Å². The molecule has 0 aromatic heterocycles. The molecule has 0 saturated carbocycles. The van der Waals surface area contributed by atoms with Crippen LogP contribution in [0.15, 0.2) is 48.5 Å². The number of carbonyl (C=O) groups is 1. The van der Waals surface area contributed by atoms with Crippen LogP contribution < -0.4 is 9.62 Å². The molecule has 1 N–H and O–H groups in total. The number of carbonyl (C=O) groups excluding carboxylic acids is 1. The predicted molar refractivity (Wildman–Crippen MR) is 123 cm³/mol. The largest absolute Gasteiger partial charge is 0.355 e. The second-order valence-electron chi connectivity index (χ2n) is 6.80. The molecule has 158 valence electrons. The lowest BCUT2D eigenvalue weighted by Gasteiger charge is -2.22. The number of anilines is 1. The summed E-state index contributed by atoms with van der Waals surface area (Å²) in [6.07, 6.45) is 1.94. The van der Waals surface area contributed by atoms with Gasteiger partial charge >= 0.3 is 0 Å². The fourth-order valence-corrected chi connectivity index (χ4v) is 4.61. The topological polar surface area (TPSA) is 66.5 Å². The fourth-order valence-electron chi connectivity index (χ4n) is 2.70. The third-order valence-corrected chi connectivity index (χ3v) is 6.71. The summed E-state index contributed by atoms with van der Waals surface area (Å²) in [5, 5.41) is 3.61. The number of hydrogen-bond acceptors (Lipinski definition) is 4. The first kappa shape index (κ1) is 23.6. The van der Waals surface area contributed by atoms with Crippen molar-refractivity contribution in [3.63, 3.8) is 0 Å². The summed E-state index contributed by atoms with van der Waals surface area (Å²) < 4.78 is 25.5. The molecule has 1 amide bonds. The van der Waals surface area contributed by atoms with E-state index in [2.05, 4.69) is 5.32 Å². The van der Waals surface area contributed by atoms with Crippen LogP contribution in [0.5, 0.6) is 0 Å². The van der Waals surface area contributed by atoms with Crippen LogP contribution in [0.25, 0.3) is 0 Å².